The van der Waals surface area contributed by atoms with Gasteiger partial charge < -0.3 is 15.8 Å². The second kappa shape index (κ2) is 6.92. The molecule has 1 aliphatic rings. The highest BCUT2D eigenvalue weighted by atomic mass is 32.1. The summed E-state index contributed by atoms with van der Waals surface area (Å²) >= 11 is 4.70. The zero-order chi connectivity index (χ0) is 14.5. The first kappa shape index (κ1) is 15.1. The van der Waals surface area contributed by atoms with Crippen LogP contribution >= 0.6 is 12.2 Å². The van der Waals surface area contributed by atoms with Gasteiger partial charge in [0.2, 0.25) is 0 Å². The molecule has 0 amide bonds. The highest BCUT2D eigenvalue weighted by Crippen LogP contribution is 2.20. The summed E-state index contributed by atoms with van der Waals surface area (Å²) < 4.78 is 32.8. The van der Waals surface area contributed by atoms with Gasteiger partial charge in [-0.2, -0.15) is 0 Å². The lowest BCUT2D eigenvalue weighted by Crippen LogP contribution is -2.39. The van der Waals surface area contributed by atoms with E-state index >= 15 is 0 Å². The number of nitrogens with two attached hydrogens (primary N) is 1. The molecule has 1 aliphatic heterocycles. The van der Waals surface area contributed by atoms with E-state index < -0.39 is 11.6 Å². The van der Waals surface area contributed by atoms with E-state index in [4.69, 9.17) is 22.7 Å². The molecule has 0 atom stereocenters. The third-order valence-corrected chi connectivity index (χ3v) is 3.40. The number of morpholine rings is 1. The Morgan fingerprint density at radius 1 is 1.30 bits per heavy atom. The molecular formula is C13H17F2N3OS. The van der Waals surface area contributed by atoms with E-state index in [2.05, 4.69) is 10.2 Å². The van der Waals surface area contributed by atoms with Crippen molar-refractivity contribution in [3.63, 3.8) is 0 Å². The van der Waals surface area contributed by atoms with Gasteiger partial charge in [0.1, 0.15) is 22.3 Å². The van der Waals surface area contributed by atoms with Gasteiger partial charge in [-0.25, -0.2) is 8.78 Å². The highest BCUT2D eigenvalue weighted by molar-refractivity contribution is 7.80. The predicted molar refractivity (Wildman–Crippen MR) is 78.0 cm³/mol. The average molecular weight is 301 g/mol. The SMILES string of the molecule is NC(=S)c1cc(F)c(NCCN2CCOCC2)c(F)c1. The van der Waals surface area contributed by atoms with Gasteiger partial charge in [-0.15, -0.1) is 0 Å². The van der Waals surface area contributed by atoms with Crippen molar-refractivity contribution in [2.45, 2.75) is 0 Å². The summed E-state index contributed by atoms with van der Waals surface area (Å²) in [6.45, 7) is 4.25. The molecule has 2 rings (SSSR count). The Balaban J connectivity index is 1.93. The third-order valence-electron chi connectivity index (χ3n) is 3.16. The van der Waals surface area contributed by atoms with Crippen molar-refractivity contribution in [2.75, 3.05) is 44.7 Å². The van der Waals surface area contributed by atoms with Crippen molar-refractivity contribution >= 4 is 22.9 Å². The lowest BCUT2D eigenvalue weighted by atomic mass is 10.2. The number of rotatable bonds is 5. The molecular weight excluding hydrogens is 284 g/mol. The number of halogens is 2. The minimum absolute atomic E-state index is 0.0253. The van der Waals surface area contributed by atoms with E-state index in [1.807, 2.05) is 0 Å². The molecule has 0 saturated carbocycles. The summed E-state index contributed by atoms with van der Waals surface area (Å²) in [6, 6.07) is 2.28. The first-order chi connectivity index (χ1) is 9.58. The second-order valence-corrected chi connectivity index (χ2v) is 5.00. The maximum atomic E-state index is 13.8. The minimum Gasteiger partial charge on any atom is -0.389 e. The third kappa shape index (κ3) is 3.84. The summed E-state index contributed by atoms with van der Waals surface area (Å²) in [4.78, 5) is 2.15. The van der Waals surface area contributed by atoms with Crippen LogP contribution in [0.25, 0.3) is 0 Å². The molecule has 1 aromatic rings. The average Bonchev–Trinajstić information content (AvgIpc) is 2.42. The van der Waals surface area contributed by atoms with Crippen LogP contribution in [0.4, 0.5) is 14.5 Å². The largest absolute Gasteiger partial charge is 0.389 e. The van der Waals surface area contributed by atoms with Gasteiger partial charge in [0.15, 0.2) is 0 Å². The molecule has 0 aromatic heterocycles. The molecule has 1 heterocycles. The maximum Gasteiger partial charge on any atom is 0.150 e. The van der Waals surface area contributed by atoms with Gasteiger partial charge in [-0.1, -0.05) is 12.2 Å². The molecule has 0 spiro atoms. The Morgan fingerprint density at radius 3 is 2.45 bits per heavy atom. The Kier molecular flexibility index (Phi) is 5.22. The first-order valence-corrected chi connectivity index (χ1v) is 6.81. The van der Waals surface area contributed by atoms with Crippen molar-refractivity contribution in [2.24, 2.45) is 5.73 Å². The van der Waals surface area contributed by atoms with Crippen LogP contribution in [0.3, 0.4) is 0 Å². The van der Waals surface area contributed by atoms with Crippen LogP contribution in [0, 0.1) is 11.6 Å². The molecule has 4 nitrogen and oxygen atoms in total. The first-order valence-electron chi connectivity index (χ1n) is 6.41. The van der Waals surface area contributed by atoms with Gasteiger partial charge in [0.25, 0.3) is 0 Å². The van der Waals surface area contributed by atoms with E-state index in [1.165, 1.54) is 0 Å². The van der Waals surface area contributed by atoms with Crippen LogP contribution in [0.2, 0.25) is 0 Å². The van der Waals surface area contributed by atoms with E-state index in [-0.39, 0.29) is 16.2 Å². The molecule has 3 N–H and O–H groups in total. The summed E-state index contributed by atoms with van der Waals surface area (Å²) in [7, 11) is 0. The van der Waals surface area contributed by atoms with Crippen molar-refractivity contribution in [3.8, 4) is 0 Å². The summed E-state index contributed by atoms with van der Waals surface area (Å²) in [5.41, 5.74) is 5.41. The predicted octanol–water partition coefficient (Wildman–Crippen LogP) is 1.34. The van der Waals surface area contributed by atoms with Crippen LogP contribution in [-0.4, -0.2) is 49.3 Å². The van der Waals surface area contributed by atoms with Crippen LogP contribution in [0.5, 0.6) is 0 Å². The van der Waals surface area contributed by atoms with Gasteiger partial charge in [0.05, 0.1) is 13.2 Å². The van der Waals surface area contributed by atoms with E-state index in [0.717, 1.165) is 25.2 Å². The monoisotopic (exact) mass is 301 g/mol. The molecule has 0 radical (unpaired) electrons. The van der Waals surface area contributed by atoms with Crippen molar-refractivity contribution in [1.29, 1.82) is 0 Å². The lowest BCUT2D eigenvalue weighted by Gasteiger charge is -2.26. The highest BCUT2D eigenvalue weighted by Gasteiger charge is 2.13. The van der Waals surface area contributed by atoms with E-state index in [9.17, 15) is 8.78 Å². The smallest absolute Gasteiger partial charge is 0.150 e. The fraction of sp³-hybridized carbons (Fsp3) is 0.462. The number of hydrogen-bond acceptors (Lipinski definition) is 4. The van der Waals surface area contributed by atoms with Gasteiger partial charge in [0, 0.05) is 31.7 Å². The van der Waals surface area contributed by atoms with Gasteiger partial charge in [-0.05, 0) is 12.1 Å². The fourth-order valence-electron chi connectivity index (χ4n) is 2.05. The molecule has 0 unspecified atom stereocenters. The minimum atomic E-state index is -0.685. The number of anilines is 1. The van der Waals surface area contributed by atoms with Crippen LogP contribution in [-0.2, 0) is 4.74 Å². The number of benzene rings is 1. The number of nitrogens with one attached hydrogen (secondary N) is 1. The zero-order valence-electron chi connectivity index (χ0n) is 11.0. The molecule has 7 heteroatoms. The molecule has 0 bridgehead atoms. The Bertz CT molecular complexity index is 469. The number of ether oxygens (including phenoxy) is 1. The summed E-state index contributed by atoms with van der Waals surface area (Å²) in [6.07, 6.45) is 0. The molecule has 1 fully saturated rings. The maximum absolute atomic E-state index is 13.8. The Hall–Kier alpha value is -1.31. The van der Waals surface area contributed by atoms with Crippen molar-refractivity contribution < 1.29 is 13.5 Å². The van der Waals surface area contributed by atoms with Crippen LogP contribution in [0.15, 0.2) is 12.1 Å². The van der Waals surface area contributed by atoms with Gasteiger partial charge in [-0.3, -0.25) is 4.90 Å². The second-order valence-electron chi connectivity index (χ2n) is 4.56. The van der Waals surface area contributed by atoms with Crippen molar-refractivity contribution in [3.05, 3.63) is 29.3 Å². The molecule has 20 heavy (non-hydrogen) atoms. The molecule has 1 saturated heterocycles. The summed E-state index contributed by atoms with van der Waals surface area (Å²) in [5.74, 6) is -1.37. The molecule has 110 valence electrons. The zero-order valence-corrected chi connectivity index (χ0v) is 11.8. The topological polar surface area (TPSA) is 50.5 Å². The number of thiocarbonyl (C=S) groups is 1. The lowest BCUT2D eigenvalue weighted by molar-refractivity contribution is 0.0398. The summed E-state index contributed by atoms with van der Waals surface area (Å²) in [5, 5.41) is 2.78. The standard InChI is InChI=1S/C13H17F2N3OS/c14-10-7-9(13(16)20)8-11(15)12(10)17-1-2-18-3-5-19-6-4-18/h7-8,17H,1-6H2,(H2,16,20). The van der Waals surface area contributed by atoms with E-state index in [0.29, 0.717) is 26.3 Å². The van der Waals surface area contributed by atoms with Crippen LogP contribution in [0.1, 0.15) is 5.56 Å². The van der Waals surface area contributed by atoms with Crippen LogP contribution < -0.4 is 11.1 Å². The van der Waals surface area contributed by atoms with Gasteiger partial charge >= 0.3 is 0 Å². The molecule has 1 aromatic carbocycles. The number of hydrogen-bond donors (Lipinski definition) is 2. The van der Waals surface area contributed by atoms with Crippen molar-refractivity contribution in [1.82, 2.24) is 4.90 Å². The van der Waals surface area contributed by atoms with E-state index in [1.54, 1.807) is 0 Å². The normalized spacial score (nSPS) is 16.1. The Labute approximate surface area is 121 Å². The number of nitrogens with zero attached hydrogens (tertiary/aromatic N) is 1. The fourth-order valence-corrected chi connectivity index (χ4v) is 2.17. The Morgan fingerprint density at radius 2 is 1.90 bits per heavy atom. The quantitative estimate of drug-likeness (QED) is 0.804. The molecule has 0 aliphatic carbocycles.